The van der Waals surface area contributed by atoms with Crippen LogP contribution in [0, 0.1) is 0 Å². The molecule has 2 atom stereocenters. The van der Waals surface area contributed by atoms with Gasteiger partial charge in [-0.15, -0.1) is 0 Å². The van der Waals surface area contributed by atoms with E-state index in [1.54, 1.807) is 37.5 Å². The summed E-state index contributed by atoms with van der Waals surface area (Å²) in [6, 6.07) is -0.605. The SMILES string of the molecule is CC(c1cnccn1)N(C)C(=O)[C@H](C)N. The summed E-state index contributed by atoms with van der Waals surface area (Å²) in [5, 5.41) is 0. The fourth-order valence-electron chi connectivity index (χ4n) is 1.24. The van der Waals surface area contributed by atoms with E-state index in [0.717, 1.165) is 5.69 Å². The Morgan fingerprint density at radius 2 is 2.13 bits per heavy atom. The number of rotatable bonds is 3. The van der Waals surface area contributed by atoms with E-state index in [1.807, 2.05) is 6.92 Å². The number of carbonyl (C=O) groups is 1. The summed E-state index contributed by atoms with van der Waals surface area (Å²) in [7, 11) is 1.71. The molecule has 1 amide bonds. The Morgan fingerprint density at radius 3 is 2.60 bits per heavy atom. The van der Waals surface area contributed by atoms with E-state index in [0.29, 0.717) is 0 Å². The van der Waals surface area contributed by atoms with E-state index in [-0.39, 0.29) is 11.9 Å². The van der Waals surface area contributed by atoms with Crippen molar-refractivity contribution in [3.63, 3.8) is 0 Å². The molecule has 1 rings (SSSR count). The largest absolute Gasteiger partial charge is 0.336 e. The predicted octanol–water partition coefficient (Wildman–Crippen LogP) is 0.343. The Bertz CT molecular complexity index is 325. The molecule has 5 heteroatoms. The summed E-state index contributed by atoms with van der Waals surface area (Å²) in [6.45, 7) is 3.56. The minimum absolute atomic E-state index is 0.104. The molecule has 0 aliphatic rings. The van der Waals surface area contributed by atoms with Crippen molar-refractivity contribution in [2.24, 2.45) is 5.73 Å². The van der Waals surface area contributed by atoms with Crippen molar-refractivity contribution in [1.29, 1.82) is 0 Å². The van der Waals surface area contributed by atoms with Crippen LogP contribution in [-0.4, -0.2) is 33.9 Å². The first-order valence-electron chi connectivity index (χ1n) is 4.82. The second-order valence-corrected chi connectivity index (χ2v) is 3.54. The van der Waals surface area contributed by atoms with Gasteiger partial charge in [-0.05, 0) is 13.8 Å². The van der Waals surface area contributed by atoms with Crippen LogP contribution in [-0.2, 0) is 4.79 Å². The molecule has 1 unspecified atom stereocenters. The Kier molecular flexibility index (Phi) is 3.74. The first-order chi connectivity index (χ1) is 7.04. The summed E-state index contributed by atoms with van der Waals surface area (Å²) in [4.78, 5) is 21.3. The van der Waals surface area contributed by atoms with Crippen molar-refractivity contribution in [1.82, 2.24) is 14.9 Å². The van der Waals surface area contributed by atoms with Gasteiger partial charge in [0.2, 0.25) is 5.91 Å². The Morgan fingerprint density at radius 1 is 1.47 bits per heavy atom. The zero-order chi connectivity index (χ0) is 11.4. The van der Waals surface area contributed by atoms with Gasteiger partial charge in [0.25, 0.3) is 0 Å². The third-order valence-corrected chi connectivity index (χ3v) is 2.33. The van der Waals surface area contributed by atoms with Crippen LogP contribution in [0.25, 0.3) is 0 Å². The van der Waals surface area contributed by atoms with Gasteiger partial charge in [-0.1, -0.05) is 0 Å². The minimum Gasteiger partial charge on any atom is -0.336 e. The molecule has 1 aromatic rings. The van der Waals surface area contributed by atoms with Crippen LogP contribution in [0.15, 0.2) is 18.6 Å². The summed E-state index contributed by atoms with van der Waals surface area (Å²) in [6.07, 6.45) is 4.86. The van der Waals surface area contributed by atoms with Crippen LogP contribution in [0.4, 0.5) is 0 Å². The molecule has 0 fully saturated rings. The third kappa shape index (κ3) is 2.73. The number of nitrogens with two attached hydrogens (primary N) is 1. The van der Waals surface area contributed by atoms with Gasteiger partial charge in [0.05, 0.1) is 24.0 Å². The standard InChI is InChI=1S/C10H16N4O/c1-7(11)10(15)14(3)8(2)9-6-12-4-5-13-9/h4-8H,11H2,1-3H3/t7-,8?/m0/s1. The summed E-state index contributed by atoms with van der Waals surface area (Å²) in [5.74, 6) is -0.104. The normalized spacial score (nSPS) is 14.4. The van der Waals surface area contributed by atoms with Crippen molar-refractivity contribution in [2.45, 2.75) is 25.9 Å². The highest BCUT2D eigenvalue weighted by Crippen LogP contribution is 2.15. The van der Waals surface area contributed by atoms with Gasteiger partial charge >= 0.3 is 0 Å². The van der Waals surface area contributed by atoms with Gasteiger partial charge in [-0.3, -0.25) is 14.8 Å². The number of likely N-dealkylation sites (N-methyl/N-ethyl adjacent to an activating group) is 1. The van der Waals surface area contributed by atoms with Gasteiger partial charge in [-0.25, -0.2) is 0 Å². The fourth-order valence-corrected chi connectivity index (χ4v) is 1.24. The van der Waals surface area contributed by atoms with Crippen LogP contribution >= 0.6 is 0 Å². The molecule has 0 aliphatic heterocycles. The highest BCUT2D eigenvalue weighted by molar-refractivity contribution is 5.81. The Balaban J connectivity index is 2.77. The van der Waals surface area contributed by atoms with Gasteiger partial charge in [0.15, 0.2) is 0 Å². The molecule has 0 aromatic carbocycles. The summed E-state index contributed by atoms with van der Waals surface area (Å²) >= 11 is 0. The number of amides is 1. The van der Waals surface area contributed by atoms with Crippen molar-refractivity contribution in [3.8, 4) is 0 Å². The molecule has 0 aliphatic carbocycles. The van der Waals surface area contributed by atoms with Crippen molar-refractivity contribution in [3.05, 3.63) is 24.3 Å². The number of aromatic nitrogens is 2. The molecule has 1 aromatic heterocycles. The van der Waals surface area contributed by atoms with Gasteiger partial charge in [-0.2, -0.15) is 0 Å². The van der Waals surface area contributed by atoms with E-state index >= 15 is 0 Å². The van der Waals surface area contributed by atoms with Crippen molar-refractivity contribution >= 4 is 5.91 Å². The van der Waals surface area contributed by atoms with Crippen LogP contribution in [0.2, 0.25) is 0 Å². The Labute approximate surface area is 89.3 Å². The van der Waals surface area contributed by atoms with E-state index in [1.165, 1.54) is 0 Å². The topological polar surface area (TPSA) is 72.1 Å². The number of nitrogens with zero attached hydrogens (tertiary/aromatic N) is 3. The van der Waals surface area contributed by atoms with E-state index in [4.69, 9.17) is 5.73 Å². The first-order valence-corrected chi connectivity index (χ1v) is 4.82. The van der Waals surface area contributed by atoms with Crippen molar-refractivity contribution < 1.29 is 4.79 Å². The van der Waals surface area contributed by atoms with E-state index < -0.39 is 6.04 Å². The molecule has 82 valence electrons. The fraction of sp³-hybridized carbons (Fsp3) is 0.500. The number of hydrogen-bond acceptors (Lipinski definition) is 4. The lowest BCUT2D eigenvalue weighted by Gasteiger charge is -2.25. The molecule has 2 N–H and O–H groups in total. The molecule has 5 nitrogen and oxygen atoms in total. The van der Waals surface area contributed by atoms with Crippen LogP contribution in [0.5, 0.6) is 0 Å². The van der Waals surface area contributed by atoms with Gasteiger partial charge < -0.3 is 10.6 Å². The van der Waals surface area contributed by atoms with Gasteiger partial charge in [0.1, 0.15) is 0 Å². The molecule has 15 heavy (non-hydrogen) atoms. The number of hydrogen-bond donors (Lipinski definition) is 1. The quantitative estimate of drug-likeness (QED) is 0.777. The second-order valence-electron chi connectivity index (χ2n) is 3.54. The lowest BCUT2D eigenvalue weighted by Crippen LogP contribution is -2.41. The second kappa shape index (κ2) is 4.84. The number of carbonyl (C=O) groups excluding carboxylic acids is 1. The first kappa shape index (κ1) is 11.6. The Hall–Kier alpha value is -1.49. The highest BCUT2D eigenvalue weighted by atomic mass is 16.2. The lowest BCUT2D eigenvalue weighted by molar-refractivity contribution is -0.132. The molecular weight excluding hydrogens is 192 g/mol. The maximum absolute atomic E-state index is 11.6. The molecule has 1 heterocycles. The zero-order valence-corrected chi connectivity index (χ0v) is 9.21. The van der Waals surface area contributed by atoms with Crippen molar-refractivity contribution in [2.75, 3.05) is 7.05 Å². The summed E-state index contributed by atoms with van der Waals surface area (Å²) < 4.78 is 0. The predicted molar refractivity (Wildman–Crippen MR) is 56.9 cm³/mol. The average molecular weight is 208 g/mol. The molecule has 0 spiro atoms. The van der Waals surface area contributed by atoms with E-state index in [9.17, 15) is 4.79 Å². The van der Waals surface area contributed by atoms with Crippen LogP contribution in [0.3, 0.4) is 0 Å². The molecule has 0 bridgehead atoms. The minimum atomic E-state index is -0.492. The van der Waals surface area contributed by atoms with E-state index in [2.05, 4.69) is 9.97 Å². The van der Waals surface area contributed by atoms with Crippen LogP contribution in [0.1, 0.15) is 25.6 Å². The molecule has 0 saturated heterocycles. The smallest absolute Gasteiger partial charge is 0.239 e. The zero-order valence-electron chi connectivity index (χ0n) is 9.21. The third-order valence-electron chi connectivity index (χ3n) is 2.33. The molecule has 0 radical (unpaired) electrons. The lowest BCUT2D eigenvalue weighted by atomic mass is 10.2. The monoisotopic (exact) mass is 208 g/mol. The molecule has 0 saturated carbocycles. The van der Waals surface area contributed by atoms with Crippen LogP contribution < -0.4 is 5.73 Å². The van der Waals surface area contributed by atoms with Gasteiger partial charge in [0, 0.05) is 19.4 Å². The maximum Gasteiger partial charge on any atom is 0.239 e. The molecular formula is C10H16N4O. The maximum atomic E-state index is 11.6. The average Bonchev–Trinajstić information content (AvgIpc) is 2.27. The highest BCUT2D eigenvalue weighted by Gasteiger charge is 2.20. The summed E-state index contributed by atoms with van der Waals surface area (Å²) in [5.41, 5.74) is 6.28.